The minimum absolute atomic E-state index is 0.00791. The molecule has 1 aliphatic rings. The molecular weight excluding hydrogens is 426 g/mol. The topological polar surface area (TPSA) is 125 Å². The maximum atomic E-state index is 14.5. The van der Waals surface area contributed by atoms with Gasteiger partial charge in [0.05, 0.1) is 6.61 Å². The highest BCUT2D eigenvalue weighted by atomic mass is 19.1. The van der Waals surface area contributed by atoms with Gasteiger partial charge in [-0.15, -0.1) is 0 Å². The standard InChI is InChI=1S/C21H24F2N4O5/c22-16-8-14(15-10-25-19(26-11-15)20(29)24-4-1-7-28)9-17(23)18(16)32-12-13-2-5-27(6-3-13)21(30)31/h8-11,13,28H,1-7,12H2,(H,24,29)(H,30,31). The van der Waals surface area contributed by atoms with Crippen molar-refractivity contribution >= 4 is 12.0 Å². The van der Waals surface area contributed by atoms with Crippen molar-refractivity contribution in [3.8, 4) is 16.9 Å². The number of carboxylic acid groups (broad SMARTS) is 1. The predicted octanol–water partition coefficient (Wildman–Crippen LogP) is 2.30. The summed E-state index contributed by atoms with van der Waals surface area (Å²) in [5.41, 5.74) is 0.511. The van der Waals surface area contributed by atoms with Crippen LogP contribution in [0.15, 0.2) is 24.5 Å². The van der Waals surface area contributed by atoms with Crippen LogP contribution >= 0.6 is 0 Å². The smallest absolute Gasteiger partial charge is 0.407 e. The second kappa shape index (κ2) is 10.8. The lowest BCUT2D eigenvalue weighted by atomic mass is 9.98. The molecule has 11 heteroatoms. The lowest BCUT2D eigenvalue weighted by Crippen LogP contribution is -2.38. The van der Waals surface area contributed by atoms with Crippen LogP contribution in [-0.4, -0.2) is 69.9 Å². The molecule has 1 aromatic carbocycles. The average Bonchev–Trinajstić information content (AvgIpc) is 2.79. The van der Waals surface area contributed by atoms with Crippen molar-refractivity contribution in [3.05, 3.63) is 42.0 Å². The first-order chi connectivity index (χ1) is 15.4. The molecule has 0 aliphatic carbocycles. The van der Waals surface area contributed by atoms with E-state index in [0.29, 0.717) is 37.9 Å². The van der Waals surface area contributed by atoms with Gasteiger partial charge in [0.1, 0.15) is 0 Å². The highest BCUT2D eigenvalue weighted by Gasteiger charge is 2.24. The summed E-state index contributed by atoms with van der Waals surface area (Å²) < 4.78 is 34.4. The first-order valence-corrected chi connectivity index (χ1v) is 10.2. The number of halogens is 2. The Labute approximate surface area is 183 Å². The van der Waals surface area contributed by atoms with E-state index in [-0.39, 0.29) is 37.1 Å². The summed E-state index contributed by atoms with van der Waals surface area (Å²) in [6.45, 7) is 1.03. The number of aliphatic hydroxyl groups is 1. The quantitative estimate of drug-likeness (QED) is 0.527. The number of benzene rings is 1. The largest absolute Gasteiger partial charge is 0.487 e. The second-order valence-corrected chi connectivity index (χ2v) is 7.42. The zero-order valence-corrected chi connectivity index (χ0v) is 17.3. The summed E-state index contributed by atoms with van der Waals surface area (Å²) in [7, 11) is 0. The zero-order chi connectivity index (χ0) is 23.1. The predicted molar refractivity (Wildman–Crippen MR) is 109 cm³/mol. The van der Waals surface area contributed by atoms with E-state index in [0.717, 1.165) is 12.1 Å². The molecule has 0 spiro atoms. The molecule has 1 aromatic heterocycles. The molecular formula is C21H24F2N4O5. The number of hydrogen-bond donors (Lipinski definition) is 3. The summed E-state index contributed by atoms with van der Waals surface area (Å²) in [5.74, 6) is -2.85. The Balaban J connectivity index is 1.61. The van der Waals surface area contributed by atoms with Gasteiger partial charge in [-0.3, -0.25) is 4.79 Å². The van der Waals surface area contributed by atoms with Crippen LogP contribution in [0, 0.1) is 17.6 Å². The number of ether oxygens (including phenoxy) is 1. The Kier molecular flexibility index (Phi) is 7.87. The summed E-state index contributed by atoms with van der Waals surface area (Å²) in [6, 6.07) is 2.20. The normalized spacial score (nSPS) is 14.3. The highest BCUT2D eigenvalue weighted by molar-refractivity contribution is 5.90. The minimum atomic E-state index is -0.976. The van der Waals surface area contributed by atoms with Gasteiger partial charge in [0.15, 0.2) is 17.4 Å². The van der Waals surface area contributed by atoms with Crippen LogP contribution in [0.4, 0.5) is 13.6 Å². The fourth-order valence-corrected chi connectivity index (χ4v) is 3.31. The fourth-order valence-electron chi connectivity index (χ4n) is 3.31. The average molecular weight is 450 g/mol. The van der Waals surface area contributed by atoms with Gasteiger partial charge >= 0.3 is 6.09 Å². The molecule has 0 unspecified atom stereocenters. The number of carbonyl (C=O) groups is 2. The van der Waals surface area contributed by atoms with E-state index in [1.54, 1.807) is 0 Å². The van der Waals surface area contributed by atoms with Gasteiger partial charge in [-0.1, -0.05) is 0 Å². The van der Waals surface area contributed by atoms with E-state index >= 15 is 0 Å². The number of aliphatic hydroxyl groups excluding tert-OH is 1. The maximum Gasteiger partial charge on any atom is 0.407 e. The summed E-state index contributed by atoms with van der Waals surface area (Å²) in [4.78, 5) is 32.0. The number of hydrogen-bond acceptors (Lipinski definition) is 6. The third-order valence-corrected chi connectivity index (χ3v) is 5.16. The van der Waals surface area contributed by atoms with E-state index in [4.69, 9.17) is 14.9 Å². The maximum absolute atomic E-state index is 14.5. The molecule has 2 heterocycles. The Hall–Kier alpha value is -3.34. The van der Waals surface area contributed by atoms with Crippen molar-refractivity contribution < 1.29 is 33.3 Å². The summed E-state index contributed by atoms with van der Waals surface area (Å²) in [5, 5.41) is 20.2. The van der Waals surface area contributed by atoms with Crippen LogP contribution in [-0.2, 0) is 0 Å². The molecule has 0 atom stereocenters. The van der Waals surface area contributed by atoms with E-state index in [2.05, 4.69) is 15.3 Å². The number of aromatic nitrogens is 2. The van der Waals surface area contributed by atoms with Gasteiger partial charge in [0.2, 0.25) is 5.82 Å². The Morgan fingerprint density at radius 2 is 1.75 bits per heavy atom. The van der Waals surface area contributed by atoms with Crippen LogP contribution < -0.4 is 10.1 Å². The molecule has 1 saturated heterocycles. The van der Waals surface area contributed by atoms with Crippen LogP contribution in [0.5, 0.6) is 5.75 Å². The Morgan fingerprint density at radius 1 is 1.12 bits per heavy atom. The van der Waals surface area contributed by atoms with Gasteiger partial charge in [-0.2, -0.15) is 0 Å². The molecule has 0 saturated carbocycles. The number of amides is 2. The van der Waals surface area contributed by atoms with Crippen LogP contribution in [0.1, 0.15) is 29.9 Å². The van der Waals surface area contributed by atoms with E-state index in [9.17, 15) is 18.4 Å². The molecule has 1 aliphatic heterocycles. The monoisotopic (exact) mass is 450 g/mol. The molecule has 32 heavy (non-hydrogen) atoms. The van der Waals surface area contributed by atoms with Crippen LogP contribution in [0.2, 0.25) is 0 Å². The number of nitrogens with one attached hydrogen (secondary N) is 1. The summed E-state index contributed by atoms with van der Waals surface area (Å²) >= 11 is 0. The van der Waals surface area contributed by atoms with Gasteiger partial charge in [-0.05, 0) is 42.9 Å². The number of piperidine rings is 1. The van der Waals surface area contributed by atoms with Gasteiger partial charge < -0.3 is 25.2 Å². The third-order valence-electron chi connectivity index (χ3n) is 5.16. The van der Waals surface area contributed by atoms with Gasteiger partial charge in [0, 0.05) is 44.2 Å². The lowest BCUT2D eigenvalue weighted by molar-refractivity contribution is 0.0940. The molecule has 2 aromatic rings. The Morgan fingerprint density at radius 3 is 2.31 bits per heavy atom. The molecule has 3 rings (SSSR count). The molecule has 2 amide bonds. The number of nitrogens with zero attached hydrogens (tertiary/aromatic N) is 3. The molecule has 3 N–H and O–H groups in total. The van der Waals surface area contributed by atoms with Crippen molar-refractivity contribution in [2.75, 3.05) is 32.8 Å². The van der Waals surface area contributed by atoms with Gasteiger partial charge in [0.25, 0.3) is 5.91 Å². The van der Waals surface area contributed by atoms with Crippen molar-refractivity contribution in [2.45, 2.75) is 19.3 Å². The molecule has 172 valence electrons. The van der Waals surface area contributed by atoms with Crippen LogP contribution in [0.3, 0.4) is 0 Å². The third kappa shape index (κ3) is 5.88. The van der Waals surface area contributed by atoms with Crippen molar-refractivity contribution in [1.82, 2.24) is 20.2 Å². The summed E-state index contributed by atoms with van der Waals surface area (Å²) in [6.07, 6.45) is 3.13. The fraction of sp³-hybridized carbons (Fsp3) is 0.429. The number of likely N-dealkylation sites (tertiary alicyclic amines) is 1. The van der Waals surface area contributed by atoms with Crippen molar-refractivity contribution in [3.63, 3.8) is 0 Å². The molecule has 9 nitrogen and oxygen atoms in total. The van der Waals surface area contributed by atoms with E-state index in [1.165, 1.54) is 17.3 Å². The minimum Gasteiger partial charge on any atom is -0.487 e. The SMILES string of the molecule is O=C(NCCCO)c1ncc(-c2cc(F)c(OCC3CCN(C(=O)O)CC3)c(F)c2)cn1. The van der Waals surface area contributed by atoms with E-state index < -0.39 is 29.4 Å². The first kappa shape index (κ1) is 23.3. The van der Waals surface area contributed by atoms with Crippen LogP contribution in [0.25, 0.3) is 11.1 Å². The molecule has 1 fully saturated rings. The zero-order valence-electron chi connectivity index (χ0n) is 17.3. The second-order valence-electron chi connectivity index (χ2n) is 7.42. The first-order valence-electron chi connectivity index (χ1n) is 10.2. The molecule has 0 radical (unpaired) electrons. The Bertz CT molecular complexity index is 927. The number of rotatable bonds is 8. The van der Waals surface area contributed by atoms with Crippen molar-refractivity contribution in [1.29, 1.82) is 0 Å². The van der Waals surface area contributed by atoms with E-state index in [1.807, 2.05) is 0 Å². The number of carbonyl (C=O) groups excluding carboxylic acids is 1. The highest BCUT2D eigenvalue weighted by Crippen LogP contribution is 2.29. The lowest BCUT2D eigenvalue weighted by Gasteiger charge is -2.29. The molecule has 0 bridgehead atoms. The van der Waals surface area contributed by atoms with Gasteiger partial charge in [-0.25, -0.2) is 23.5 Å². The van der Waals surface area contributed by atoms with Crippen molar-refractivity contribution in [2.24, 2.45) is 5.92 Å².